The lowest BCUT2D eigenvalue weighted by Gasteiger charge is -2.28. The van der Waals surface area contributed by atoms with E-state index in [4.69, 9.17) is 0 Å². The highest BCUT2D eigenvalue weighted by Crippen LogP contribution is 2.24. The number of hydrogen-bond donors (Lipinski definition) is 2. The van der Waals surface area contributed by atoms with E-state index < -0.39 is 0 Å². The Hall–Kier alpha value is -0.120. The quantitative estimate of drug-likeness (QED) is 0.822. The SMILES string of the molecule is CC(C)N1CCCC(NCC2CCC(O)CC2)CC1. The third-order valence-corrected chi connectivity index (χ3v) is 5.00. The molecule has 1 aliphatic carbocycles. The summed E-state index contributed by atoms with van der Waals surface area (Å²) in [6.07, 6.45) is 8.38. The van der Waals surface area contributed by atoms with Gasteiger partial charge in [-0.15, -0.1) is 0 Å². The van der Waals surface area contributed by atoms with Crippen molar-refractivity contribution in [3.05, 3.63) is 0 Å². The highest BCUT2D eigenvalue weighted by molar-refractivity contribution is 4.79. The molecule has 2 fully saturated rings. The summed E-state index contributed by atoms with van der Waals surface area (Å²) in [5, 5.41) is 13.3. The molecule has 1 unspecified atom stereocenters. The van der Waals surface area contributed by atoms with Gasteiger partial charge in [-0.05, 0) is 84.3 Å². The van der Waals surface area contributed by atoms with Crippen molar-refractivity contribution in [2.45, 2.75) is 77.0 Å². The highest BCUT2D eigenvalue weighted by Gasteiger charge is 2.22. The number of hydrogen-bond acceptors (Lipinski definition) is 3. The minimum atomic E-state index is -0.0197. The summed E-state index contributed by atoms with van der Waals surface area (Å²) in [6, 6.07) is 1.41. The van der Waals surface area contributed by atoms with E-state index in [9.17, 15) is 5.11 Å². The fraction of sp³-hybridized carbons (Fsp3) is 1.00. The summed E-state index contributed by atoms with van der Waals surface area (Å²) in [5.41, 5.74) is 0. The molecule has 2 N–H and O–H groups in total. The fourth-order valence-electron chi connectivity index (χ4n) is 3.52. The van der Waals surface area contributed by atoms with Gasteiger partial charge in [-0.2, -0.15) is 0 Å². The lowest BCUT2D eigenvalue weighted by atomic mass is 9.87. The summed E-state index contributed by atoms with van der Waals surface area (Å²) in [5.74, 6) is 0.799. The Morgan fingerprint density at radius 3 is 2.47 bits per heavy atom. The second-order valence-corrected chi connectivity index (χ2v) is 6.84. The molecule has 19 heavy (non-hydrogen) atoms. The first-order valence-electron chi connectivity index (χ1n) is 8.30. The third kappa shape index (κ3) is 5.05. The molecule has 3 nitrogen and oxygen atoms in total. The molecule has 0 amide bonds. The van der Waals surface area contributed by atoms with Crippen molar-refractivity contribution in [1.29, 1.82) is 0 Å². The number of nitrogens with one attached hydrogen (secondary N) is 1. The molecule has 0 bridgehead atoms. The van der Waals surface area contributed by atoms with Gasteiger partial charge in [0.05, 0.1) is 6.10 Å². The molecule has 0 spiro atoms. The van der Waals surface area contributed by atoms with Crippen molar-refractivity contribution in [1.82, 2.24) is 10.2 Å². The van der Waals surface area contributed by atoms with Gasteiger partial charge in [0.25, 0.3) is 0 Å². The van der Waals surface area contributed by atoms with Crippen LogP contribution in [0.4, 0.5) is 0 Å². The zero-order chi connectivity index (χ0) is 13.7. The van der Waals surface area contributed by atoms with Gasteiger partial charge in [0.15, 0.2) is 0 Å². The number of aliphatic hydroxyl groups excluding tert-OH is 1. The maximum atomic E-state index is 9.54. The molecule has 0 aromatic carbocycles. The van der Waals surface area contributed by atoms with E-state index in [2.05, 4.69) is 24.1 Å². The number of likely N-dealkylation sites (tertiary alicyclic amines) is 1. The van der Waals surface area contributed by atoms with Crippen molar-refractivity contribution in [2.75, 3.05) is 19.6 Å². The minimum absolute atomic E-state index is 0.0197. The van der Waals surface area contributed by atoms with Crippen LogP contribution in [0.2, 0.25) is 0 Å². The lowest BCUT2D eigenvalue weighted by molar-refractivity contribution is 0.107. The Labute approximate surface area is 118 Å². The highest BCUT2D eigenvalue weighted by atomic mass is 16.3. The van der Waals surface area contributed by atoms with Crippen LogP contribution in [0, 0.1) is 5.92 Å². The van der Waals surface area contributed by atoms with E-state index in [1.165, 1.54) is 51.7 Å². The second-order valence-electron chi connectivity index (χ2n) is 6.84. The van der Waals surface area contributed by atoms with Crippen molar-refractivity contribution in [3.63, 3.8) is 0 Å². The molecule has 112 valence electrons. The van der Waals surface area contributed by atoms with E-state index >= 15 is 0 Å². The largest absolute Gasteiger partial charge is 0.393 e. The van der Waals surface area contributed by atoms with Gasteiger partial charge in [-0.3, -0.25) is 0 Å². The predicted octanol–water partition coefficient (Wildman–Crippen LogP) is 2.39. The van der Waals surface area contributed by atoms with Crippen molar-refractivity contribution < 1.29 is 5.11 Å². The molecule has 1 atom stereocenters. The molecular formula is C16H32N2O. The van der Waals surface area contributed by atoms with Crippen LogP contribution in [0.25, 0.3) is 0 Å². The molecule has 2 rings (SSSR count). The summed E-state index contributed by atoms with van der Waals surface area (Å²) >= 11 is 0. The molecule has 1 heterocycles. The van der Waals surface area contributed by atoms with Gasteiger partial charge in [-0.25, -0.2) is 0 Å². The van der Waals surface area contributed by atoms with Crippen LogP contribution in [-0.2, 0) is 0 Å². The summed E-state index contributed by atoms with van der Waals surface area (Å²) < 4.78 is 0. The van der Waals surface area contributed by atoms with Gasteiger partial charge in [0.2, 0.25) is 0 Å². The zero-order valence-electron chi connectivity index (χ0n) is 12.8. The molecule has 0 radical (unpaired) electrons. The van der Waals surface area contributed by atoms with Crippen LogP contribution >= 0.6 is 0 Å². The van der Waals surface area contributed by atoms with Gasteiger partial charge in [-0.1, -0.05) is 0 Å². The normalized spacial score (nSPS) is 34.4. The Kier molecular flexibility index (Phi) is 6.11. The molecule has 0 aromatic rings. The molecule has 1 saturated carbocycles. The second kappa shape index (κ2) is 7.61. The Morgan fingerprint density at radius 1 is 1.05 bits per heavy atom. The monoisotopic (exact) mass is 268 g/mol. The topological polar surface area (TPSA) is 35.5 Å². The average Bonchev–Trinajstić information content (AvgIpc) is 2.63. The van der Waals surface area contributed by atoms with E-state index in [1.54, 1.807) is 0 Å². The van der Waals surface area contributed by atoms with Crippen molar-refractivity contribution >= 4 is 0 Å². The first-order valence-corrected chi connectivity index (χ1v) is 8.30. The van der Waals surface area contributed by atoms with Crippen LogP contribution < -0.4 is 5.32 Å². The summed E-state index contributed by atoms with van der Waals surface area (Å²) in [4.78, 5) is 2.61. The minimum Gasteiger partial charge on any atom is -0.393 e. The van der Waals surface area contributed by atoms with Crippen LogP contribution in [0.15, 0.2) is 0 Å². The van der Waals surface area contributed by atoms with Gasteiger partial charge in [0, 0.05) is 12.1 Å². The van der Waals surface area contributed by atoms with Crippen LogP contribution in [0.5, 0.6) is 0 Å². The van der Waals surface area contributed by atoms with Gasteiger partial charge >= 0.3 is 0 Å². The summed E-state index contributed by atoms with van der Waals surface area (Å²) in [6.45, 7) is 8.30. The molecule has 3 heteroatoms. The van der Waals surface area contributed by atoms with Crippen LogP contribution in [0.1, 0.15) is 58.8 Å². The molecule has 2 aliphatic rings. The van der Waals surface area contributed by atoms with Gasteiger partial charge in [0.1, 0.15) is 0 Å². The Bertz CT molecular complexity index is 249. The van der Waals surface area contributed by atoms with Crippen LogP contribution in [0.3, 0.4) is 0 Å². The molecule has 0 aromatic heterocycles. The van der Waals surface area contributed by atoms with Crippen LogP contribution in [-0.4, -0.2) is 47.8 Å². The fourth-order valence-corrected chi connectivity index (χ4v) is 3.52. The van der Waals surface area contributed by atoms with E-state index in [0.29, 0.717) is 6.04 Å². The lowest BCUT2D eigenvalue weighted by Crippen LogP contribution is -2.36. The standard InChI is InChI=1S/C16H32N2O/c1-13(2)18-10-3-4-15(9-11-18)17-12-14-5-7-16(19)8-6-14/h13-17,19H,3-12H2,1-2H3. The average molecular weight is 268 g/mol. The maximum absolute atomic E-state index is 9.54. The van der Waals surface area contributed by atoms with Crippen molar-refractivity contribution in [3.8, 4) is 0 Å². The van der Waals surface area contributed by atoms with Crippen molar-refractivity contribution in [2.24, 2.45) is 5.92 Å². The molecule has 1 aliphatic heterocycles. The number of nitrogens with zero attached hydrogens (tertiary/aromatic N) is 1. The number of rotatable bonds is 4. The first-order chi connectivity index (χ1) is 9.15. The maximum Gasteiger partial charge on any atom is 0.0540 e. The Balaban J connectivity index is 1.66. The number of aliphatic hydroxyl groups is 1. The van der Waals surface area contributed by atoms with E-state index in [0.717, 1.165) is 24.8 Å². The zero-order valence-corrected chi connectivity index (χ0v) is 12.8. The smallest absolute Gasteiger partial charge is 0.0540 e. The predicted molar refractivity (Wildman–Crippen MR) is 80.3 cm³/mol. The third-order valence-electron chi connectivity index (χ3n) is 5.00. The van der Waals surface area contributed by atoms with E-state index in [1.807, 2.05) is 0 Å². The molecular weight excluding hydrogens is 236 g/mol. The molecule has 1 saturated heterocycles. The first kappa shape index (κ1) is 15.3. The van der Waals surface area contributed by atoms with E-state index in [-0.39, 0.29) is 6.10 Å². The summed E-state index contributed by atoms with van der Waals surface area (Å²) in [7, 11) is 0. The Morgan fingerprint density at radius 2 is 1.79 bits per heavy atom. The van der Waals surface area contributed by atoms with Gasteiger partial charge < -0.3 is 15.3 Å².